The fraction of sp³-hybridized carbons (Fsp3) is 0.500. The second kappa shape index (κ2) is 6.53. The van der Waals surface area contributed by atoms with E-state index in [1.54, 1.807) is 6.20 Å². The average molecular weight is 288 g/mol. The van der Waals surface area contributed by atoms with Crippen molar-refractivity contribution in [1.82, 2.24) is 30.2 Å². The Bertz CT molecular complexity index is 570. The summed E-state index contributed by atoms with van der Waals surface area (Å²) in [5.74, 6) is -0.164. The van der Waals surface area contributed by atoms with Gasteiger partial charge < -0.3 is 15.2 Å². The maximum Gasteiger partial charge on any atom is 0.273 e. The monoisotopic (exact) mass is 288 g/mol. The topological polar surface area (TPSA) is 76.8 Å². The summed E-state index contributed by atoms with van der Waals surface area (Å²) in [7, 11) is 0. The van der Waals surface area contributed by atoms with Gasteiger partial charge in [0.15, 0.2) is 5.69 Å². The number of nitrogens with one attached hydrogen (secondary N) is 2. The Labute approximate surface area is 123 Å². The zero-order valence-electron chi connectivity index (χ0n) is 11.9. The van der Waals surface area contributed by atoms with Crippen LogP contribution >= 0.6 is 0 Å². The molecule has 0 spiro atoms. The number of rotatable bonds is 5. The molecule has 21 heavy (non-hydrogen) atoms. The molecule has 0 unspecified atom stereocenters. The number of nitrogens with zero attached hydrogens (tertiary/aromatic N) is 4. The molecular formula is C14H20N6O. The van der Waals surface area contributed by atoms with Crippen LogP contribution in [0.3, 0.4) is 0 Å². The van der Waals surface area contributed by atoms with Crippen molar-refractivity contribution in [3.8, 4) is 0 Å². The third kappa shape index (κ3) is 3.49. The van der Waals surface area contributed by atoms with Gasteiger partial charge in [-0.15, -0.1) is 5.10 Å². The van der Waals surface area contributed by atoms with E-state index in [-0.39, 0.29) is 5.91 Å². The number of piperidine rings is 1. The van der Waals surface area contributed by atoms with Gasteiger partial charge in [-0.1, -0.05) is 5.21 Å². The number of hydrogen-bond donors (Lipinski definition) is 2. The standard InChI is InChI=1S/C14H20N6O/c21-14(16-7-10-19-8-1-2-9-19)13-11-20(18-17-13)12-3-5-15-6-4-12/h1-2,8-9,11-12,15H,3-7,10H2,(H,16,21). The minimum absolute atomic E-state index is 0.164. The number of hydrogen-bond acceptors (Lipinski definition) is 4. The van der Waals surface area contributed by atoms with Gasteiger partial charge in [0.2, 0.25) is 0 Å². The van der Waals surface area contributed by atoms with Gasteiger partial charge in [-0.25, -0.2) is 4.68 Å². The van der Waals surface area contributed by atoms with Crippen molar-refractivity contribution in [2.75, 3.05) is 19.6 Å². The van der Waals surface area contributed by atoms with Gasteiger partial charge in [0, 0.05) is 25.5 Å². The van der Waals surface area contributed by atoms with Crippen molar-refractivity contribution in [2.45, 2.75) is 25.4 Å². The molecule has 7 nitrogen and oxygen atoms in total. The first-order valence-corrected chi connectivity index (χ1v) is 7.34. The van der Waals surface area contributed by atoms with E-state index in [4.69, 9.17) is 0 Å². The Balaban J connectivity index is 1.51. The average Bonchev–Trinajstić information content (AvgIpc) is 3.20. The molecule has 0 atom stereocenters. The van der Waals surface area contributed by atoms with Crippen molar-refractivity contribution in [2.24, 2.45) is 0 Å². The molecule has 2 aromatic heterocycles. The van der Waals surface area contributed by atoms with Gasteiger partial charge in [-0.05, 0) is 38.1 Å². The van der Waals surface area contributed by atoms with Crippen LogP contribution in [0.1, 0.15) is 29.4 Å². The number of amides is 1. The molecule has 1 aliphatic rings. The van der Waals surface area contributed by atoms with Gasteiger partial charge in [-0.2, -0.15) is 0 Å². The molecule has 2 aromatic rings. The van der Waals surface area contributed by atoms with E-state index < -0.39 is 0 Å². The number of carbonyl (C=O) groups is 1. The summed E-state index contributed by atoms with van der Waals surface area (Å²) >= 11 is 0. The summed E-state index contributed by atoms with van der Waals surface area (Å²) in [5.41, 5.74) is 0.390. The predicted molar refractivity (Wildman–Crippen MR) is 77.9 cm³/mol. The van der Waals surface area contributed by atoms with Crippen molar-refractivity contribution in [1.29, 1.82) is 0 Å². The van der Waals surface area contributed by atoms with Crippen LogP contribution < -0.4 is 10.6 Å². The minimum Gasteiger partial charge on any atom is -0.353 e. The molecule has 0 aromatic carbocycles. The lowest BCUT2D eigenvalue weighted by Crippen LogP contribution is -2.29. The number of carbonyl (C=O) groups excluding carboxylic acids is 1. The Hall–Kier alpha value is -2.15. The summed E-state index contributed by atoms with van der Waals surface area (Å²) < 4.78 is 3.84. The Morgan fingerprint density at radius 2 is 2.10 bits per heavy atom. The molecule has 3 heterocycles. The van der Waals surface area contributed by atoms with E-state index in [1.165, 1.54) is 0 Å². The van der Waals surface area contributed by atoms with Crippen LogP contribution in [0, 0.1) is 0 Å². The van der Waals surface area contributed by atoms with E-state index in [0.717, 1.165) is 32.5 Å². The Morgan fingerprint density at radius 3 is 2.86 bits per heavy atom. The first-order valence-electron chi connectivity index (χ1n) is 7.34. The molecule has 1 saturated heterocycles. The first kappa shape index (κ1) is 13.8. The largest absolute Gasteiger partial charge is 0.353 e. The van der Waals surface area contributed by atoms with Crippen molar-refractivity contribution in [3.63, 3.8) is 0 Å². The third-order valence-corrected chi connectivity index (χ3v) is 3.75. The Kier molecular flexibility index (Phi) is 4.30. The quantitative estimate of drug-likeness (QED) is 0.836. The van der Waals surface area contributed by atoms with Gasteiger partial charge in [0.05, 0.1) is 12.2 Å². The fourth-order valence-electron chi connectivity index (χ4n) is 2.54. The summed E-state index contributed by atoms with van der Waals surface area (Å²) in [6.45, 7) is 3.31. The zero-order chi connectivity index (χ0) is 14.5. The summed E-state index contributed by atoms with van der Waals surface area (Å²) in [6.07, 6.45) is 7.75. The van der Waals surface area contributed by atoms with E-state index in [2.05, 4.69) is 20.9 Å². The maximum absolute atomic E-state index is 12.0. The molecule has 2 N–H and O–H groups in total. The maximum atomic E-state index is 12.0. The van der Waals surface area contributed by atoms with Crippen LogP contribution in [0.25, 0.3) is 0 Å². The Morgan fingerprint density at radius 1 is 1.33 bits per heavy atom. The minimum atomic E-state index is -0.164. The molecule has 0 radical (unpaired) electrons. The van der Waals surface area contributed by atoms with E-state index in [0.29, 0.717) is 18.3 Å². The highest BCUT2D eigenvalue weighted by Crippen LogP contribution is 2.16. The van der Waals surface area contributed by atoms with E-state index in [9.17, 15) is 4.79 Å². The van der Waals surface area contributed by atoms with Gasteiger partial charge in [0.1, 0.15) is 0 Å². The van der Waals surface area contributed by atoms with E-state index >= 15 is 0 Å². The van der Waals surface area contributed by atoms with Crippen LogP contribution in [0.15, 0.2) is 30.7 Å². The zero-order valence-corrected chi connectivity index (χ0v) is 11.9. The van der Waals surface area contributed by atoms with E-state index in [1.807, 2.05) is 33.8 Å². The summed E-state index contributed by atoms with van der Waals surface area (Å²) in [5, 5.41) is 14.3. The normalized spacial score (nSPS) is 16.0. The SMILES string of the molecule is O=C(NCCn1cccc1)c1cn(C2CCNCC2)nn1. The predicted octanol–water partition coefficient (Wildman–Crippen LogP) is 0.434. The highest BCUT2D eigenvalue weighted by Gasteiger charge is 2.18. The third-order valence-electron chi connectivity index (χ3n) is 3.75. The van der Waals surface area contributed by atoms with Crippen LogP contribution in [0.5, 0.6) is 0 Å². The highest BCUT2D eigenvalue weighted by atomic mass is 16.2. The molecule has 3 rings (SSSR count). The number of aromatic nitrogens is 4. The van der Waals surface area contributed by atoms with Crippen LogP contribution in [0.4, 0.5) is 0 Å². The molecule has 0 aliphatic carbocycles. The fourth-order valence-corrected chi connectivity index (χ4v) is 2.54. The summed E-state index contributed by atoms with van der Waals surface area (Å²) in [6, 6.07) is 4.28. The van der Waals surface area contributed by atoms with Crippen molar-refractivity contribution >= 4 is 5.91 Å². The molecule has 112 valence electrons. The van der Waals surface area contributed by atoms with Crippen LogP contribution in [0.2, 0.25) is 0 Å². The molecule has 1 aliphatic heterocycles. The van der Waals surface area contributed by atoms with Crippen molar-refractivity contribution in [3.05, 3.63) is 36.4 Å². The van der Waals surface area contributed by atoms with Gasteiger partial charge >= 0.3 is 0 Å². The lowest BCUT2D eigenvalue weighted by molar-refractivity contribution is 0.0947. The second-order valence-electron chi connectivity index (χ2n) is 5.24. The summed E-state index contributed by atoms with van der Waals surface area (Å²) in [4.78, 5) is 12.0. The van der Waals surface area contributed by atoms with Crippen molar-refractivity contribution < 1.29 is 4.79 Å². The second-order valence-corrected chi connectivity index (χ2v) is 5.24. The van der Waals surface area contributed by atoms with Crippen LogP contribution in [-0.2, 0) is 6.54 Å². The van der Waals surface area contributed by atoms with Gasteiger partial charge in [-0.3, -0.25) is 4.79 Å². The van der Waals surface area contributed by atoms with Gasteiger partial charge in [0.25, 0.3) is 5.91 Å². The lowest BCUT2D eigenvalue weighted by atomic mass is 10.1. The lowest BCUT2D eigenvalue weighted by Gasteiger charge is -2.22. The highest BCUT2D eigenvalue weighted by molar-refractivity contribution is 5.91. The van der Waals surface area contributed by atoms with Crippen LogP contribution in [-0.4, -0.2) is 45.1 Å². The molecular weight excluding hydrogens is 268 g/mol. The molecule has 0 bridgehead atoms. The first-order chi connectivity index (χ1) is 10.3. The molecule has 7 heteroatoms. The smallest absolute Gasteiger partial charge is 0.273 e. The molecule has 1 amide bonds. The molecule has 0 saturated carbocycles. The molecule has 1 fully saturated rings.